The predicted octanol–water partition coefficient (Wildman–Crippen LogP) is 1.78. The first-order valence-electron chi connectivity index (χ1n) is 3.87. The Hall–Kier alpha value is 0.380. The van der Waals surface area contributed by atoms with Crippen molar-refractivity contribution in [3.63, 3.8) is 0 Å². The molecule has 0 saturated heterocycles. The summed E-state index contributed by atoms with van der Waals surface area (Å²) >= 11 is 2.15. The molecule has 0 aliphatic carbocycles. The predicted molar refractivity (Wildman–Crippen MR) is 66.4 cm³/mol. The molecule has 0 aliphatic heterocycles. The Morgan fingerprint density at radius 1 is 1.46 bits per heavy atom. The highest BCUT2D eigenvalue weighted by Crippen LogP contribution is 2.12. The molecule has 2 atom stereocenters. The Morgan fingerprint density at radius 2 is 1.85 bits per heavy atom. The summed E-state index contributed by atoms with van der Waals surface area (Å²) in [6, 6.07) is 0. The minimum Gasteiger partial charge on any atom is -0.229 e. The van der Waals surface area contributed by atoms with Crippen LogP contribution in [0, 0.1) is 11.8 Å². The second-order valence-corrected chi connectivity index (χ2v) is 4.56. The van der Waals surface area contributed by atoms with Gasteiger partial charge in [-0.05, 0) is 16.8 Å². The van der Waals surface area contributed by atoms with Crippen molar-refractivity contribution in [1.29, 1.82) is 0 Å². The van der Waals surface area contributed by atoms with Gasteiger partial charge in [0.1, 0.15) is 0 Å². The number of halogens is 1. The molecular weight excluding hydrogens is 301 g/mol. The van der Waals surface area contributed by atoms with Crippen LogP contribution in [-0.4, -0.2) is 19.1 Å². The Labute approximate surface area is 95.0 Å². The van der Waals surface area contributed by atoms with Crippen molar-refractivity contribution in [3.05, 3.63) is 12.7 Å². The van der Waals surface area contributed by atoms with Crippen molar-refractivity contribution in [2.24, 2.45) is 17.0 Å². The summed E-state index contributed by atoms with van der Waals surface area (Å²) < 4.78 is 21.2. The van der Waals surface area contributed by atoms with Crippen molar-refractivity contribution in [2.45, 2.75) is 13.8 Å². The van der Waals surface area contributed by atoms with E-state index < -0.39 is 10.0 Å². The summed E-state index contributed by atoms with van der Waals surface area (Å²) in [5, 5.41) is 4.87. The summed E-state index contributed by atoms with van der Waals surface area (Å²) in [4.78, 5) is 1.97. The monoisotopic (exact) mass is 319 g/mol. The molecule has 3 nitrogen and oxygen atoms in total. The first-order valence-corrected chi connectivity index (χ1v) is 7.75. The third kappa shape index (κ3) is 10.3. The first-order chi connectivity index (χ1) is 5.87. The lowest BCUT2D eigenvalue weighted by atomic mass is 9.99. The lowest BCUT2D eigenvalue weighted by molar-refractivity contribution is 0.495. The van der Waals surface area contributed by atoms with Crippen molar-refractivity contribution in [2.75, 3.05) is 10.7 Å². The summed E-state index contributed by atoms with van der Waals surface area (Å²) in [5.74, 6) is 0.260. The van der Waals surface area contributed by atoms with Crippen molar-refractivity contribution >= 4 is 32.6 Å². The Balaban J connectivity index is 0. The molecule has 0 amide bonds. The molecule has 0 saturated carbocycles. The minimum atomic E-state index is -3.33. The van der Waals surface area contributed by atoms with Gasteiger partial charge >= 0.3 is 0 Å². The standard InChI is InChI=1S/C7H15NO2S.CH3I/c1-4-6(2)7(3)5-11(8,9)10;1-2/h4,6-7H,1,5H2,2-3H3,(H2,8,9,10);1H3/t6-,7+;/m0./s1. The van der Waals surface area contributed by atoms with Gasteiger partial charge in [0.25, 0.3) is 0 Å². The van der Waals surface area contributed by atoms with Crippen LogP contribution in [0.1, 0.15) is 13.8 Å². The van der Waals surface area contributed by atoms with Crippen LogP contribution in [0.4, 0.5) is 0 Å². The molecule has 5 heteroatoms. The summed E-state index contributed by atoms with van der Waals surface area (Å²) in [6.45, 7) is 7.34. The third-order valence-corrected chi connectivity index (χ3v) is 2.75. The van der Waals surface area contributed by atoms with Gasteiger partial charge in [-0.1, -0.05) is 42.5 Å². The number of primary sulfonamides is 1. The molecule has 0 fully saturated rings. The summed E-state index contributed by atoms with van der Waals surface area (Å²) in [6.07, 6.45) is 1.73. The second kappa shape index (κ2) is 7.75. The van der Waals surface area contributed by atoms with Crippen LogP contribution in [0.25, 0.3) is 0 Å². The zero-order chi connectivity index (χ0) is 11.1. The number of nitrogens with two attached hydrogens (primary N) is 1. The molecule has 0 spiro atoms. The largest absolute Gasteiger partial charge is 0.229 e. The van der Waals surface area contributed by atoms with Crippen LogP contribution in [0.2, 0.25) is 0 Å². The van der Waals surface area contributed by atoms with E-state index in [-0.39, 0.29) is 17.6 Å². The third-order valence-electron chi connectivity index (χ3n) is 1.76. The maximum absolute atomic E-state index is 10.6. The van der Waals surface area contributed by atoms with E-state index in [2.05, 4.69) is 29.2 Å². The van der Waals surface area contributed by atoms with Gasteiger partial charge < -0.3 is 0 Å². The second-order valence-electron chi connectivity index (χ2n) is 2.90. The highest BCUT2D eigenvalue weighted by Gasteiger charge is 2.14. The van der Waals surface area contributed by atoms with Gasteiger partial charge in [-0.2, -0.15) is 0 Å². The van der Waals surface area contributed by atoms with Crippen LogP contribution in [-0.2, 0) is 10.0 Å². The molecule has 0 radical (unpaired) electrons. The van der Waals surface area contributed by atoms with Crippen LogP contribution in [0.15, 0.2) is 12.7 Å². The van der Waals surface area contributed by atoms with Crippen molar-refractivity contribution in [1.82, 2.24) is 0 Å². The molecule has 2 N–H and O–H groups in total. The maximum atomic E-state index is 10.6. The molecule has 0 aliphatic rings. The summed E-state index contributed by atoms with van der Waals surface area (Å²) in [5.41, 5.74) is 0. The zero-order valence-corrected chi connectivity index (χ0v) is 11.3. The highest BCUT2D eigenvalue weighted by atomic mass is 127. The number of allylic oxidation sites excluding steroid dienone is 1. The number of rotatable bonds is 4. The fourth-order valence-electron chi connectivity index (χ4n) is 0.751. The van der Waals surface area contributed by atoms with E-state index in [1.807, 2.05) is 18.8 Å². The molecule has 80 valence electrons. The molecule has 13 heavy (non-hydrogen) atoms. The van der Waals surface area contributed by atoms with Crippen LogP contribution in [0.3, 0.4) is 0 Å². The van der Waals surface area contributed by atoms with Gasteiger partial charge in [-0.3, -0.25) is 0 Å². The average Bonchev–Trinajstić information content (AvgIpc) is 2.03. The van der Waals surface area contributed by atoms with E-state index in [4.69, 9.17) is 5.14 Å². The van der Waals surface area contributed by atoms with Crippen LogP contribution < -0.4 is 5.14 Å². The number of alkyl halides is 1. The summed E-state index contributed by atoms with van der Waals surface area (Å²) in [7, 11) is -3.33. The number of sulfonamides is 1. The van der Waals surface area contributed by atoms with E-state index in [0.717, 1.165) is 0 Å². The maximum Gasteiger partial charge on any atom is 0.209 e. The van der Waals surface area contributed by atoms with Crippen molar-refractivity contribution < 1.29 is 8.42 Å². The molecule has 0 aromatic rings. The van der Waals surface area contributed by atoms with E-state index in [1.54, 1.807) is 6.08 Å². The normalized spacial score (nSPS) is 15.2. The van der Waals surface area contributed by atoms with Crippen molar-refractivity contribution in [3.8, 4) is 0 Å². The Kier molecular flexibility index (Phi) is 9.44. The lowest BCUT2D eigenvalue weighted by Gasteiger charge is -2.13. The van der Waals surface area contributed by atoms with Gasteiger partial charge in [-0.15, -0.1) is 6.58 Å². The molecule has 0 heterocycles. The Bertz CT molecular complexity index is 226. The Morgan fingerprint density at radius 3 is 2.08 bits per heavy atom. The SMILES string of the molecule is C=C[C@H](C)[C@H](C)CS(N)(=O)=O.CI. The minimum absolute atomic E-state index is 0.0280. The van der Waals surface area contributed by atoms with Crippen LogP contribution >= 0.6 is 22.6 Å². The van der Waals surface area contributed by atoms with Crippen LogP contribution in [0.5, 0.6) is 0 Å². The number of hydrogen-bond acceptors (Lipinski definition) is 2. The molecule has 0 rings (SSSR count). The average molecular weight is 319 g/mol. The van der Waals surface area contributed by atoms with E-state index in [0.29, 0.717) is 0 Å². The smallest absolute Gasteiger partial charge is 0.209 e. The van der Waals surface area contributed by atoms with E-state index in [9.17, 15) is 8.42 Å². The van der Waals surface area contributed by atoms with Gasteiger partial charge in [-0.25, -0.2) is 13.6 Å². The molecule has 0 aromatic carbocycles. The fourth-order valence-corrected chi connectivity index (χ4v) is 1.79. The van der Waals surface area contributed by atoms with E-state index >= 15 is 0 Å². The number of hydrogen-bond donors (Lipinski definition) is 1. The molecule has 0 unspecified atom stereocenters. The molecule has 0 aromatic heterocycles. The molecular formula is C8H18INO2S. The van der Waals surface area contributed by atoms with Gasteiger partial charge in [0.2, 0.25) is 10.0 Å². The van der Waals surface area contributed by atoms with Gasteiger partial charge in [0.05, 0.1) is 5.75 Å². The van der Waals surface area contributed by atoms with Gasteiger partial charge in [0.15, 0.2) is 0 Å². The van der Waals surface area contributed by atoms with E-state index in [1.165, 1.54) is 0 Å². The first kappa shape index (κ1) is 15.8. The highest BCUT2D eigenvalue weighted by molar-refractivity contribution is 14.1. The quantitative estimate of drug-likeness (QED) is 0.488. The van der Waals surface area contributed by atoms with Gasteiger partial charge in [0, 0.05) is 0 Å². The topological polar surface area (TPSA) is 60.2 Å². The lowest BCUT2D eigenvalue weighted by Crippen LogP contribution is -2.24. The molecule has 0 bridgehead atoms. The fraction of sp³-hybridized carbons (Fsp3) is 0.750. The zero-order valence-electron chi connectivity index (χ0n) is 8.33.